The van der Waals surface area contributed by atoms with Crippen LogP contribution in [0.5, 0.6) is 17.2 Å². The molecule has 0 saturated carbocycles. The van der Waals surface area contributed by atoms with Crippen LogP contribution in [0.25, 0.3) is 0 Å². The van der Waals surface area contributed by atoms with Gasteiger partial charge in [-0.05, 0) is 71.4 Å². The van der Waals surface area contributed by atoms with Crippen molar-refractivity contribution in [3.63, 3.8) is 0 Å². The van der Waals surface area contributed by atoms with E-state index in [1.165, 1.54) is 0 Å². The lowest BCUT2D eigenvalue weighted by atomic mass is 10.3. The second-order valence-corrected chi connectivity index (χ2v) is 6.56. The molecule has 0 bridgehead atoms. The summed E-state index contributed by atoms with van der Waals surface area (Å²) in [5.74, 6) is 2.51. The summed E-state index contributed by atoms with van der Waals surface area (Å²) in [7, 11) is 0. The Kier molecular flexibility index (Phi) is 6.44. The molecule has 0 unspecified atom stereocenters. The zero-order chi connectivity index (χ0) is 19.1. The molecule has 2 aromatic carbocycles. The number of halogens is 1. The van der Waals surface area contributed by atoms with Crippen LogP contribution in [0.3, 0.4) is 0 Å². The molecule has 0 aliphatic heterocycles. The number of anilines is 1. The predicted molar refractivity (Wildman–Crippen MR) is 108 cm³/mol. The minimum Gasteiger partial charge on any atom is -0.484 e. The second-order valence-electron chi connectivity index (χ2n) is 5.65. The van der Waals surface area contributed by atoms with Gasteiger partial charge in [0.15, 0.2) is 6.61 Å². The first-order valence-electron chi connectivity index (χ1n) is 8.53. The van der Waals surface area contributed by atoms with Crippen LogP contribution in [0.2, 0.25) is 0 Å². The number of nitrogens with zero attached hydrogens (tertiary/aromatic N) is 2. The van der Waals surface area contributed by atoms with Gasteiger partial charge in [-0.25, -0.2) is 4.98 Å². The number of benzene rings is 2. The maximum absolute atomic E-state index is 12.5. The fraction of sp³-hybridized carbons (Fsp3) is 0.143. The van der Waals surface area contributed by atoms with Crippen LogP contribution >= 0.6 is 15.9 Å². The number of para-hydroxylation sites is 1. The molecule has 0 saturated heterocycles. The zero-order valence-electron chi connectivity index (χ0n) is 14.8. The van der Waals surface area contributed by atoms with Crippen molar-refractivity contribution < 1.29 is 14.3 Å². The van der Waals surface area contributed by atoms with E-state index in [9.17, 15) is 4.79 Å². The molecule has 0 radical (unpaired) electrons. The van der Waals surface area contributed by atoms with Crippen molar-refractivity contribution in [2.24, 2.45) is 0 Å². The molecule has 0 N–H and O–H groups in total. The molecular formula is C21H19BrN2O3. The van der Waals surface area contributed by atoms with Crippen LogP contribution in [0.15, 0.2) is 77.4 Å². The van der Waals surface area contributed by atoms with Gasteiger partial charge in [-0.1, -0.05) is 18.2 Å². The quantitative estimate of drug-likeness (QED) is 0.529. The lowest BCUT2D eigenvalue weighted by molar-refractivity contribution is -0.120. The average Bonchev–Trinajstić information content (AvgIpc) is 2.70. The highest BCUT2D eigenvalue weighted by Gasteiger charge is 2.15. The number of hydrogen-bond donors (Lipinski definition) is 0. The summed E-state index contributed by atoms with van der Waals surface area (Å²) in [5.41, 5.74) is 0. The van der Waals surface area contributed by atoms with Crippen LogP contribution in [-0.4, -0.2) is 24.0 Å². The first kappa shape index (κ1) is 18.9. The Balaban J connectivity index is 1.57. The molecule has 27 heavy (non-hydrogen) atoms. The first-order valence-corrected chi connectivity index (χ1v) is 9.32. The maximum Gasteiger partial charge on any atom is 0.266 e. The predicted octanol–water partition coefficient (Wildman–Crippen LogP) is 5.07. The number of ether oxygens (including phenoxy) is 2. The number of likely N-dealkylation sites (N-methyl/N-ethyl adjacent to an activating group) is 1. The van der Waals surface area contributed by atoms with Crippen LogP contribution in [0.4, 0.5) is 5.82 Å². The number of pyridine rings is 1. The van der Waals surface area contributed by atoms with Gasteiger partial charge >= 0.3 is 0 Å². The van der Waals surface area contributed by atoms with E-state index in [1.807, 2.05) is 43.3 Å². The van der Waals surface area contributed by atoms with Gasteiger partial charge in [0.2, 0.25) is 0 Å². The van der Waals surface area contributed by atoms with E-state index >= 15 is 0 Å². The van der Waals surface area contributed by atoms with Gasteiger partial charge in [-0.15, -0.1) is 0 Å². The van der Waals surface area contributed by atoms with Crippen LogP contribution in [0, 0.1) is 0 Å². The van der Waals surface area contributed by atoms with Crippen molar-refractivity contribution in [3.8, 4) is 17.2 Å². The first-order chi connectivity index (χ1) is 13.2. The van der Waals surface area contributed by atoms with Gasteiger partial charge in [0.25, 0.3) is 5.91 Å². The number of amides is 1. The largest absolute Gasteiger partial charge is 0.484 e. The molecule has 1 heterocycles. The second kappa shape index (κ2) is 9.19. The summed E-state index contributed by atoms with van der Waals surface area (Å²) < 4.78 is 12.2. The Bertz CT molecular complexity index is 868. The lowest BCUT2D eigenvalue weighted by Gasteiger charge is -2.20. The van der Waals surface area contributed by atoms with E-state index in [-0.39, 0.29) is 12.5 Å². The third-order valence-corrected chi connectivity index (χ3v) is 4.24. The standard InChI is InChI=1S/C21H19BrN2O3/c1-2-24(20-13-8-16(22)14-23-20)21(25)15-26-17-9-11-19(12-10-17)27-18-6-4-3-5-7-18/h3-14H,2,15H2,1H3. The van der Waals surface area contributed by atoms with E-state index in [2.05, 4.69) is 20.9 Å². The highest BCUT2D eigenvalue weighted by Crippen LogP contribution is 2.23. The molecule has 0 aliphatic rings. The minimum absolute atomic E-state index is 0.0650. The molecule has 1 aromatic heterocycles. The van der Waals surface area contributed by atoms with Gasteiger partial charge in [-0.3, -0.25) is 9.69 Å². The van der Waals surface area contributed by atoms with Gasteiger partial charge in [0.1, 0.15) is 23.1 Å². The molecule has 0 fully saturated rings. The van der Waals surface area contributed by atoms with Crippen molar-refractivity contribution in [1.82, 2.24) is 4.98 Å². The summed E-state index contributed by atoms with van der Waals surface area (Å²) in [6.07, 6.45) is 1.66. The number of hydrogen-bond acceptors (Lipinski definition) is 4. The Morgan fingerprint density at radius 1 is 0.963 bits per heavy atom. The molecule has 5 nitrogen and oxygen atoms in total. The van der Waals surface area contributed by atoms with E-state index in [4.69, 9.17) is 9.47 Å². The van der Waals surface area contributed by atoms with Crippen LogP contribution in [0.1, 0.15) is 6.92 Å². The highest BCUT2D eigenvalue weighted by atomic mass is 79.9. The Morgan fingerprint density at radius 3 is 2.26 bits per heavy atom. The Labute approximate surface area is 166 Å². The van der Waals surface area contributed by atoms with E-state index in [1.54, 1.807) is 41.4 Å². The summed E-state index contributed by atoms with van der Waals surface area (Å²) >= 11 is 3.34. The molecule has 0 aliphatic carbocycles. The summed E-state index contributed by atoms with van der Waals surface area (Å²) in [5, 5.41) is 0. The zero-order valence-corrected chi connectivity index (χ0v) is 16.4. The highest BCUT2D eigenvalue weighted by molar-refractivity contribution is 9.10. The molecular weight excluding hydrogens is 408 g/mol. The summed E-state index contributed by atoms with van der Waals surface area (Å²) in [6.45, 7) is 2.35. The molecule has 6 heteroatoms. The van der Waals surface area contributed by atoms with Gasteiger partial charge in [-0.2, -0.15) is 0 Å². The SMILES string of the molecule is CCN(C(=O)COc1ccc(Oc2ccccc2)cc1)c1ccc(Br)cn1. The maximum atomic E-state index is 12.5. The minimum atomic E-state index is -0.156. The van der Waals surface area contributed by atoms with Crippen LogP contribution in [-0.2, 0) is 4.79 Å². The van der Waals surface area contributed by atoms with Crippen molar-refractivity contribution >= 4 is 27.7 Å². The lowest BCUT2D eigenvalue weighted by Crippen LogP contribution is -2.35. The molecule has 1 amide bonds. The molecule has 138 valence electrons. The van der Waals surface area contributed by atoms with Gasteiger partial charge in [0, 0.05) is 17.2 Å². The van der Waals surface area contributed by atoms with Crippen molar-refractivity contribution in [1.29, 1.82) is 0 Å². The van der Waals surface area contributed by atoms with E-state index < -0.39 is 0 Å². The monoisotopic (exact) mass is 426 g/mol. The van der Waals surface area contributed by atoms with Gasteiger partial charge in [0.05, 0.1) is 0 Å². The normalized spacial score (nSPS) is 10.3. The smallest absolute Gasteiger partial charge is 0.266 e. The van der Waals surface area contributed by atoms with Crippen molar-refractivity contribution in [2.75, 3.05) is 18.1 Å². The summed E-state index contributed by atoms with van der Waals surface area (Å²) in [6, 6.07) is 20.4. The summed E-state index contributed by atoms with van der Waals surface area (Å²) in [4.78, 5) is 18.3. The number of carbonyl (C=O) groups is 1. The Morgan fingerprint density at radius 2 is 1.63 bits per heavy atom. The Hall–Kier alpha value is -2.86. The number of carbonyl (C=O) groups excluding carboxylic acids is 1. The van der Waals surface area contributed by atoms with E-state index in [0.29, 0.717) is 23.9 Å². The third kappa shape index (κ3) is 5.31. The van der Waals surface area contributed by atoms with Crippen molar-refractivity contribution in [3.05, 3.63) is 77.4 Å². The fourth-order valence-corrected chi connectivity index (χ4v) is 2.68. The number of aromatic nitrogens is 1. The number of rotatable bonds is 7. The topological polar surface area (TPSA) is 51.7 Å². The molecule has 0 atom stereocenters. The van der Waals surface area contributed by atoms with Crippen molar-refractivity contribution in [2.45, 2.75) is 6.92 Å². The van der Waals surface area contributed by atoms with Crippen LogP contribution < -0.4 is 14.4 Å². The third-order valence-electron chi connectivity index (χ3n) is 3.77. The molecule has 3 aromatic rings. The molecule has 0 spiro atoms. The van der Waals surface area contributed by atoms with Gasteiger partial charge < -0.3 is 9.47 Å². The fourth-order valence-electron chi connectivity index (χ4n) is 2.45. The average molecular weight is 427 g/mol. The molecule has 3 rings (SSSR count). The van der Waals surface area contributed by atoms with E-state index in [0.717, 1.165) is 10.2 Å².